The molecule has 238 valence electrons. The van der Waals surface area contributed by atoms with Gasteiger partial charge in [0.25, 0.3) is 17.4 Å². The van der Waals surface area contributed by atoms with Crippen LogP contribution < -0.4 is 40.0 Å². The fourth-order valence-electron chi connectivity index (χ4n) is 6.50. The van der Waals surface area contributed by atoms with Crippen LogP contribution in [0.4, 0.5) is 17.1 Å². The summed E-state index contributed by atoms with van der Waals surface area (Å²) < 4.78 is 23.6. The highest BCUT2D eigenvalue weighted by molar-refractivity contribution is 6.10. The first-order valence-electron chi connectivity index (χ1n) is 15.0. The summed E-state index contributed by atoms with van der Waals surface area (Å²) in [5.41, 5.74) is 3.44. The Bertz CT molecular complexity index is 1830. The Labute approximate surface area is 266 Å². The SMILES string of the molecule is COc1ccccc1NC(=O)c1ccc(N2C[C@H]3C[C@@H](C2)c2cccc(=O)n2C3)c(NC(=O)c2cc(OC)c(OC)c(OC)c2)c1. The average Bonchev–Trinajstić information content (AvgIpc) is 3.08. The molecule has 1 fully saturated rings. The predicted molar refractivity (Wildman–Crippen MR) is 175 cm³/mol. The molecule has 2 aliphatic heterocycles. The van der Waals surface area contributed by atoms with Crippen LogP contribution in [0.5, 0.6) is 23.0 Å². The molecular weight excluding hydrogens is 588 g/mol. The van der Waals surface area contributed by atoms with E-state index in [-0.39, 0.29) is 28.9 Å². The van der Waals surface area contributed by atoms with Gasteiger partial charge in [-0.3, -0.25) is 14.4 Å². The minimum atomic E-state index is -0.420. The maximum Gasteiger partial charge on any atom is 0.255 e. The zero-order chi connectivity index (χ0) is 32.4. The minimum Gasteiger partial charge on any atom is -0.495 e. The molecule has 3 aromatic carbocycles. The summed E-state index contributed by atoms with van der Waals surface area (Å²) in [6.07, 6.45) is 0.979. The van der Waals surface area contributed by atoms with E-state index in [1.807, 2.05) is 34.9 Å². The molecule has 2 N–H and O–H groups in total. The number of carbonyl (C=O) groups excluding carboxylic acids is 2. The predicted octanol–water partition coefficient (Wildman–Crippen LogP) is 5.01. The van der Waals surface area contributed by atoms with Crippen molar-refractivity contribution in [2.75, 3.05) is 57.1 Å². The van der Waals surface area contributed by atoms with Crippen LogP contribution in [-0.4, -0.2) is 57.9 Å². The normalized spacial score (nSPS) is 16.6. The molecule has 2 bridgehead atoms. The molecule has 11 nitrogen and oxygen atoms in total. The quantitative estimate of drug-likeness (QED) is 0.267. The van der Waals surface area contributed by atoms with Crippen molar-refractivity contribution in [3.8, 4) is 23.0 Å². The summed E-state index contributed by atoms with van der Waals surface area (Å²) in [4.78, 5) is 42.1. The molecule has 0 saturated carbocycles. The van der Waals surface area contributed by atoms with Gasteiger partial charge in [0.15, 0.2) is 11.5 Å². The molecule has 0 spiro atoms. The van der Waals surface area contributed by atoms with Crippen molar-refractivity contribution in [1.82, 2.24) is 4.57 Å². The number of amides is 2. The molecule has 1 saturated heterocycles. The van der Waals surface area contributed by atoms with Gasteiger partial charge in [-0.2, -0.15) is 0 Å². The molecule has 1 aromatic heterocycles. The third kappa shape index (κ3) is 5.83. The van der Waals surface area contributed by atoms with Crippen LogP contribution in [0.15, 0.2) is 77.6 Å². The lowest BCUT2D eigenvalue weighted by atomic mass is 9.83. The zero-order valence-electron chi connectivity index (χ0n) is 26.2. The van der Waals surface area contributed by atoms with Crippen LogP contribution in [0, 0.1) is 5.92 Å². The highest BCUT2D eigenvalue weighted by Gasteiger charge is 2.35. The van der Waals surface area contributed by atoms with E-state index in [1.165, 1.54) is 21.3 Å². The smallest absolute Gasteiger partial charge is 0.255 e. The molecule has 4 aromatic rings. The van der Waals surface area contributed by atoms with Crippen LogP contribution in [0.2, 0.25) is 0 Å². The molecule has 3 heterocycles. The van der Waals surface area contributed by atoms with E-state index in [0.717, 1.165) is 17.8 Å². The number of nitrogens with zero attached hydrogens (tertiary/aromatic N) is 2. The summed E-state index contributed by atoms with van der Waals surface area (Å²) in [5, 5.41) is 5.96. The lowest BCUT2D eigenvalue weighted by Gasteiger charge is -2.44. The van der Waals surface area contributed by atoms with E-state index < -0.39 is 5.91 Å². The van der Waals surface area contributed by atoms with Gasteiger partial charge >= 0.3 is 0 Å². The first-order valence-corrected chi connectivity index (χ1v) is 15.0. The number of para-hydroxylation sites is 2. The Morgan fingerprint density at radius 3 is 2.11 bits per heavy atom. The van der Waals surface area contributed by atoms with Crippen LogP contribution in [0.25, 0.3) is 0 Å². The maximum atomic E-state index is 13.8. The number of hydrogen-bond acceptors (Lipinski definition) is 8. The number of hydrogen-bond donors (Lipinski definition) is 2. The molecule has 0 radical (unpaired) electrons. The Hall–Kier alpha value is -5.45. The molecule has 0 unspecified atom stereocenters. The molecule has 2 atom stereocenters. The first-order chi connectivity index (χ1) is 22.3. The monoisotopic (exact) mass is 624 g/mol. The summed E-state index contributed by atoms with van der Waals surface area (Å²) in [5.74, 6) is 1.20. The number of fused-ring (bicyclic) bond motifs is 4. The highest BCUT2D eigenvalue weighted by atomic mass is 16.5. The molecule has 0 aliphatic carbocycles. The maximum absolute atomic E-state index is 13.8. The van der Waals surface area contributed by atoms with Crippen molar-refractivity contribution in [2.24, 2.45) is 5.92 Å². The van der Waals surface area contributed by atoms with E-state index in [2.05, 4.69) is 15.5 Å². The number of ether oxygens (including phenoxy) is 4. The number of nitrogens with one attached hydrogen (secondary N) is 2. The van der Waals surface area contributed by atoms with Gasteiger partial charge in [0.05, 0.1) is 45.5 Å². The number of pyridine rings is 1. The van der Waals surface area contributed by atoms with Crippen LogP contribution in [0.1, 0.15) is 38.7 Å². The lowest BCUT2D eigenvalue weighted by Crippen LogP contribution is -2.47. The number of benzene rings is 3. The summed E-state index contributed by atoms with van der Waals surface area (Å²) in [6, 6.07) is 21.0. The summed E-state index contributed by atoms with van der Waals surface area (Å²) >= 11 is 0. The molecule has 2 amide bonds. The Kier molecular flexibility index (Phi) is 8.56. The zero-order valence-corrected chi connectivity index (χ0v) is 26.2. The van der Waals surface area contributed by atoms with E-state index in [9.17, 15) is 14.4 Å². The number of rotatable bonds is 9. The van der Waals surface area contributed by atoms with E-state index >= 15 is 0 Å². The van der Waals surface area contributed by atoms with Gasteiger partial charge in [0, 0.05) is 48.4 Å². The fraction of sp³-hybridized carbons (Fsp3) is 0.286. The van der Waals surface area contributed by atoms with Crippen molar-refractivity contribution in [2.45, 2.75) is 18.9 Å². The van der Waals surface area contributed by atoms with Gasteiger partial charge in [-0.15, -0.1) is 0 Å². The largest absolute Gasteiger partial charge is 0.495 e. The molecule has 2 aliphatic rings. The van der Waals surface area contributed by atoms with Crippen molar-refractivity contribution < 1.29 is 28.5 Å². The van der Waals surface area contributed by atoms with Crippen LogP contribution >= 0.6 is 0 Å². The van der Waals surface area contributed by atoms with E-state index in [1.54, 1.807) is 49.6 Å². The van der Waals surface area contributed by atoms with Gasteiger partial charge in [0.2, 0.25) is 5.75 Å². The lowest BCUT2D eigenvalue weighted by molar-refractivity contribution is 0.101. The first kappa shape index (κ1) is 30.6. The molecular formula is C35H36N4O7. The molecule has 46 heavy (non-hydrogen) atoms. The van der Waals surface area contributed by atoms with Gasteiger partial charge in [0.1, 0.15) is 5.75 Å². The Morgan fingerprint density at radius 1 is 0.696 bits per heavy atom. The number of methoxy groups -OCH3 is 4. The fourth-order valence-corrected chi connectivity index (χ4v) is 6.50. The van der Waals surface area contributed by atoms with E-state index in [0.29, 0.717) is 59.6 Å². The highest BCUT2D eigenvalue weighted by Crippen LogP contribution is 2.41. The summed E-state index contributed by atoms with van der Waals surface area (Å²) in [7, 11) is 6.01. The second-order valence-electron chi connectivity index (χ2n) is 11.4. The van der Waals surface area contributed by atoms with E-state index in [4.69, 9.17) is 18.9 Å². The number of anilines is 3. The average molecular weight is 625 g/mol. The van der Waals surface area contributed by atoms with Gasteiger partial charge < -0.3 is 39.0 Å². The minimum absolute atomic E-state index is 0.0179. The third-order valence-electron chi connectivity index (χ3n) is 8.61. The van der Waals surface area contributed by atoms with Crippen molar-refractivity contribution in [3.05, 3.63) is 100.0 Å². The Balaban J connectivity index is 1.36. The third-order valence-corrected chi connectivity index (χ3v) is 8.61. The van der Waals surface area contributed by atoms with Crippen molar-refractivity contribution in [3.63, 3.8) is 0 Å². The van der Waals surface area contributed by atoms with Gasteiger partial charge in [-0.1, -0.05) is 18.2 Å². The molecule has 6 rings (SSSR count). The van der Waals surface area contributed by atoms with Crippen LogP contribution in [-0.2, 0) is 6.54 Å². The van der Waals surface area contributed by atoms with Crippen molar-refractivity contribution in [1.29, 1.82) is 0 Å². The summed E-state index contributed by atoms with van der Waals surface area (Å²) in [6.45, 7) is 1.98. The number of carbonyl (C=O) groups is 2. The second kappa shape index (κ2) is 12.9. The van der Waals surface area contributed by atoms with Crippen molar-refractivity contribution >= 4 is 28.9 Å². The van der Waals surface area contributed by atoms with Crippen LogP contribution in [0.3, 0.4) is 0 Å². The molecule has 11 heteroatoms. The Morgan fingerprint density at radius 2 is 1.39 bits per heavy atom. The standard InChI is InChI=1S/C35H36N4O7/c1-43-29-10-6-5-8-25(29)36-34(41)22-12-13-28(38-18-21-14-24(20-38)27-9-7-11-32(40)39(27)19-21)26(15-22)37-35(42)23-16-30(44-2)33(46-4)31(17-23)45-3/h5-13,15-17,21,24H,14,18-20H2,1-4H3,(H,36,41)(H,37,42)/t21-,24+/m1/s1. The number of aromatic nitrogens is 1. The van der Waals surface area contributed by atoms with Gasteiger partial charge in [-0.05, 0) is 60.9 Å². The second-order valence-corrected chi connectivity index (χ2v) is 11.4. The van der Waals surface area contributed by atoms with Gasteiger partial charge in [-0.25, -0.2) is 0 Å². The topological polar surface area (TPSA) is 120 Å². The number of piperidine rings is 1.